The fourth-order valence-electron chi connectivity index (χ4n) is 3.55. The molecule has 11 heteroatoms. The number of carbonyl (C=O) groups excluding carboxylic acids is 3. The van der Waals surface area contributed by atoms with Gasteiger partial charge in [0.05, 0.1) is 6.04 Å². The van der Waals surface area contributed by atoms with Crippen molar-refractivity contribution in [2.24, 2.45) is 17.4 Å². The molecule has 7 N–H and O–H groups in total. The molecule has 31 heavy (non-hydrogen) atoms. The highest BCUT2D eigenvalue weighted by atomic mass is 32.1. The van der Waals surface area contributed by atoms with Crippen molar-refractivity contribution in [2.45, 2.75) is 76.5 Å². The van der Waals surface area contributed by atoms with Gasteiger partial charge in [-0.2, -0.15) is 12.6 Å². The lowest BCUT2D eigenvalue weighted by molar-refractivity contribution is -0.144. The van der Waals surface area contributed by atoms with E-state index in [4.69, 9.17) is 11.5 Å². The topological polar surface area (TPSA) is 168 Å². The molecule has 3 amide bonds. The zero-order chi connectivity index (χ0) is 23.6. The van der Waals surface area contributed by atoms with Gasteiger partial charge in [0.25, 0.3) is 0 Å². The summed E-state index contributed by atoms with van der Waals surface area (Å²) in [4.78, 5) is 51.1. The predicted molar refractivity (Wildman–Crippen MR) is 120 cm³/mol. The molecule has 1 saturated heterocycles. The Balaban J connectivity index is 2.76. The lowest BCUT2D eigenvalue weighted by atomic mass is 9.99. The number of amides is 3. The van der Waals surface area contributed by atoms with Crippen LogP contribution < -0.4 is 22.1 Å². The first kappa shape index (κ1) is 27.2. The Hall–Kier alpha value is -1.85. The maximum atomic E-state index is 12.8. The molecular weight excluding hydrogens is 422 g/mol. The number of hydrogen-bond acceptors (Lipinski definition) is 7. The Morgan fingerprint density at radius 1 is 1.23 bits per heavy atom. The van der Waals surface area contributed by atoms with Gasteiger partial charge in [-0.1, -0.05) is 26.7 Å². The molecule has 1 aliphatic heterocycles. The van der Waals surface area contributed by atoms with Gasteiger partial charge in [0.1, 0.15) is 18.1 Å². The lowest BCUT2D eigenvalue weighted by Crippen LogP contribution is -2.57. The van der Waals surface area contributed by atoms with E-state index in [0.29, 0.717) is 38.8 Å². The molecule has 0 aromatic heterocycles. The van der Waals surface area contributed by atoms with Crippen molar-refractivity contribution in [3.05, 3.63) is 0 Å². The molecule has 178 valence electrons. The van der Waals surface area contributed by atoms with E-state index >= 15 is 0 Å². The van der Waals surface area contributed by atoms with Crippen molar-refractivity contribution in [2.75, 3.05) is 18.8 Å². The number of aliphatic carboxylic acids is 1. The van der Waals surface area contributed by atoms with Gasteiger partial charge in [-0.3, -0.25) is 14.4 Å². The molecule has 0 bridgehead atoms. The molecule has 0 spiro atoms. The smallest absolute Gasteiger partial charge is 0.326 e. The third kappa shape index (κ3) is 7.97. The number of likely N-dealkylation sites (tertiary alicyclic amines) is 1. The van der Waals surface area contributed by atoms with Crippen LogP contribution in [0.3, 0.4) is 0 Å². The second-order valence-corrected chi connectivity index (χ2v) is 8.40. The van der Waals surface area contributed by atoms with E-state index in [-0.39, 0.29) is 17.6 Å². The number of nitrogens with one attached hydrogen (secondary N) is 2. The van der Waals surface area contributed by atoms with E-state index in [9.17, 15) is 24.3 Å². The highest BCUT2D eigenvalue weighted by molar-refractivity contribution is 7.80. The zero-order valence-corrected chi connectivity index (χ0v) is 19.3. The Morgan fingerprint density at radius 2 is 1.90 bits per heavy atom. The number of hydrogen-bond donors (Lipinski definition) is 6. The average molecular weight is 460 g/mol. The normalized spacial score (nSPS) is 19.9. The first-order chi connectivity index (χ1) is 14.7. The van der Waals surface area contributed by atoms with Gasteiger partial charge in [-0.15, -0.1) is 0 Å². The fraction of sp³-hybridized carbons (Fsp3) is 0.800. The third-order valence-corrected chi connectivity index (χ3v) is 6.08. The highest BCUT2D eigenvalue weighted by Gasteiger charge is 2.37. The molecule has 0 aromatic rings. The van der Waals surface area contributed by atoms with Crippen molar-refractivity contribution in [1.82, 2.24) is 15.5 Å². The molecule has 0 aliphatic carbocycles. The summed E-state index contributed by atoms with van der Waals surface area (Å²) < 4.78 is 0. The summed E-state index contributed by atoms with van der Waals surface area (Å²) in [5.74, 6) is -2.80. The van der Waals surface area contributed by atoms with Crippen LogP contribution in [0.1, 0.15) is 52.4 Å². The van der Waals surface area contributed by atoms with E-state index < -0.39 is 42.0 Å². The second-order valence-electron chi connectivity index (χ2n) is 8.03. The number of unbranched alkanes of at least 4 members (excludes halogenated alkanes) is 1. The van der Waals surface area contributed by atoms with Crippen LogP contribution in [0.15, 0.2) is 0 Å². The summed E-state index contributed by atoms with van der Waals surface area (Å²) in [5, 5.41) is 14.5. The van der Waals surface area contributed by atoms with E-state index in [2.05, 4.69) is 23.3 Å². The standard InChI is InChI=1S/C20H37N5O5S/c1-3-12(2)16(20(29)30)24-17(26)14(11-31)23-18(27)15-8-6-10-25(15)19(28)13(22)7-4-5-9-21/h12-16,31H,3-11,21-22H2,1-2H3,(H,23,27)(H,24,26)(H,29,30). The van der Waals surface area contributed by atoms with Crippen molar-refractivity contribution >= 4 is 36.3 Å². The molecule has 0 aromatic carbocycles. The molecule has 0 saturated carbocycles. The van der Waals surface area contributed by atoms with Crippen LogP contribution in [0.25, 0.3) is 0 Å². The summed E-state index contributed by atoms with van der Waals surface area (Å²) in [6.45, 7) is 4.51. The minimum absolute atomic E-state index is 0.0102. The van der Waals surface area contributed by atoms with Crippen LogP contribution >= 0.6 is 12.6 Å². The number of rotatable bonds is 13. The summed E-state index contributed by atoms with van der Waals surface area (Å²) in [5.41, 5.74) is 11.5. The largest absolute Gasteiger partial charge is 0.480 e. The summed E-state index contributed by atoms with van der Waals surface area (Å²) >= 11 is 4.13. The summed E-state index contributed by atoms with van der Waals surface area (Å²) in [6.07, 6.45) is 3.70. The molecule has 5 unspecified atom stereocenters. The Bertz CT molecular complexity index is 635. The van der Waals surface area contributed by atoms with Gasteiger partial charge in [0.2, 0.25) is 17.7 Å². The first-order valence-electron chi connectivity index (χ1n) is 10.9. The molecular formula is C20H37N5O5S. The second kappa shape index (κ2) is 13.5. The van der Waals surface area contributed by atoms with Gasteiger partial charge < -0.3 is 32.1 Å². The number of thiol groups is 1. The Morgan fingerprint density at radius 3 is 2.45 bits per heavy atom. The van der Waals surface area contributed by atoms with Gasteiger partial charge in [0, 0.05) is 12.3 Å². The van der Waals surface area contributed by atoms with Crippen molar-refractivity contribution < 1.29 is 24.3 Å². The van der Waals surface area contributed by atoms with Gasteiger partial charge >= 0.3 is 5.97 Å². The van der Waals surface area contributed by atoms with Gasteiger partial charge in [-0.05, 0) is 38.1 Å². The predicted octanol–water partition coefficient (Wildman–Crippen LogP) is -0.536. The quantitative estimate of drug-likeness (QED) is 0.159. The SMILES string of the molecule is CCC(C)C(NC(=O)C(CS)NC(=O)C1CCCN1C(=O)C(N)CCCCN)C(=O)O. The first-order valence-corrected chi connectivity index (χ1v) is 11.5. The summed E-state index contributed by atoms with van der Waals surface area (Å²) in [6, 6.07) is -3.49. The van der Waals surface area contributed by atoms with E-state index in [1.807, 2.05) is 6.92 Å². The minimum Gasteiger partial charge on any atom is -0.480 e. The van der Waals surface area contributed by atoms with Crippen molar-refractivity contribution in [1.29, 1.82) is 0 Å². The molecule has 1 heterocycles. The van der Waals surface area contributed by atoms with E-state index in [1.165, 1.54) is 4.90 Å². The monoisotopic (exact) mass is 459 g/mol. The average Bonchev–Trinajstić information content (AvgIpc) is 3.24. The molecule has 1 fully saturated rings. The number of nitrogens with two attached hydrogens (primary N) is 2. The highest BCUT2D eigenvalue weighted by Crippen LogP contribution is 2.19. The maximum absolute atomic E-state index is 12.8. The van der Waals surface area contributed by atoms with Crippen molar-refractivity contribution in [3.63, 3.8) is 0 Å². The van der Waals surface area contributed by atoms with Crippen LogP contribution in [0, 0.1) is 5.92 Å². The molecule has 1 aliphatic rings. The van der Waals surface area contributed by atoms with Gasteiger partial charge in [-0.25, -0.2) is 4.79 Å². The molecule has 10 nitrogen and oxygen atoms in total. The van der Waals surface area contributed by atoms with Crippen molar-refractivity contribution in [3.8, 4) is 0 Å². The maximum Gasteiger partial charge on any atom is 0.326 e. The van der Waals surface area contributed by atoms with Crippen LogP contribution in [-0.2, 0) is 19.2 Å². The molecule has 5 atom stereocenters. The minimum atomic E-state index is -1.14. The van der Waals surface area contributed by atoms with Crippen LogP contribution in [-0.4, -0.2) is 76.7 Å². The molecule has 0 radical (unpaired) electrons. The number of nitrogens with zero attached hydrogens (tertiary/aromatic N) is 1. The number of carboxylic acid groups (broad SMARTS) is 1. The fourth-order valence-corrected chi connectivity index (χ4v) is 3.80. The number of carbonyl (C=O) groups is 4. The lowest BCUT2D eigenvalue weighted by Gasteiger charge is -2.28. The Labute approximate surface area is 189 Å². The molecule has 1 rings (SSSR count). The number of carboxylic acids is 1. The third-order valence-electron chi connectivity index (χ3n) is 5.72. The van der Waals surface area contributed by atoms with Crippen LogP contribution in [0.2, 0.25) is 0 Å². The Kier molecular flexibility index (Phi) is 11.9. The van der Waals surface area contributed by atoms with Crippen LogP contribution in [0.4, 0.5) is 0 Å². The van der Waals surface area contributed by atoms with E-state index in [1.54, 1.807) is 6.92 Å². The van der Waals surface area contributed by atoms with Gasteiger partial charge in [0.15, 0.2) is 0 Å². The summed E-state index contributed by atoms with van der Waals surface area (Å²) in [7, 11) is 0. The van der Waals surface area contributed by atoms with E-state index in [0.717, 1.165) is 12.8 Å². The zero-order valence-electron chi connectivity index (χ0n) is 18.4. The van der Waals surface area contributed by atoms with Crippen LogP contribution in [0.5, 0.6) is 0 Å².